The van der Waals surface area contributed by atoms with E-state index in [4.69, 9.17) is 4.74 Å². The fourth-order valence-electron chi connectivity index (χ4n) is 2.07. The summed E-state index contributed by atoms with van der Waals surface area (Å²) in [7, 11) is 0. The summed E-state index contributed by atoms with van der Waals surface area (Å²) < 4.78 is 6.96. The van der Waals surface area contributed by atoms with Crippen LogP contribution in [0.4, 0.5) is 5.69 Å². The van der Waals surface area contributed by atoms with Gasteiger partial charge >= 0.3 is 0 Å². The van der Waals surface area contributed by atoms with Gasteiger partial charge in [0.2, 0.25) is 0 Å². The highest BCUT2D eigenvalue weighted by molar-refractivity contribution is 9.10. The Morgan fingerprint density at radius 3 is 2.45 bits per heavy atom. The number of hydrogen-bond donors (Lipinski definition) is 1. The topological polar surface area (TPSA) is 21.3 Å². The van der Waals surface area contributed by atoms with Crippen molar-refractivity contribution in [2.75, 3.05) is 18.5 Å². The van der Waals surface area contributed by atoms with E-state index in [2.05, 4.69) is 54.2 Å². The largest absolute Gasteiger partial charge is 0.491 e. The third-order valence-corrected chi connectivity index (χ3v) is 3.83. The summed E-state index contributed by atoms with van der Waals surface area (Å²) in [6.45, 7) is 7.76. The van der Waals surface area contributed by atoms with E-state index >= 15 is 0 Å². The molecule has 0 bridgehead atoms. The van der Waals surface area contributed by atoms with Crippen LogP contribution in [0.2, 0.25) is 0 Å². The van der Waals surface area contributed by atoms with Crippen molar-refractivity contribution in [3.63, 3.8) is 0 Å². The van der Waals surface area contributed by atoms with Crippen LogP contribution in [0.25, 0.3) is 0 Å². The zero-order valence-corrected chi connectivity index (χ0v) is 13.8. The predicted octanol–water partition coefficient (Wildman–Crippen LogP) is 4.87. The van der Waals surface area contributed by atoms with Gasteiger partial charge in [0, 0.05) is 16.7 Å². The third-order valence-electron chi connectivity index (χ3n) is 3.30. The molecule has 1 N–H and O–H groups in total. The summed E-state index contributed by atoms with van der Waals surface area (Å²) in [5.74, 6) is 0.986. The lowest BCUT2D eigenvalue weighted by atomic mass is 10.1. The van der Waals surface area contributed by atoms with E-state index < -0.39 is 0 Å². The van der Waals surface area contributed by atoms with Gasteiger partial charge in [0.15, 0.2) is 0 Å². The molecule has 2 aromatic rings. The molecule has 0 aromatic heterocycles. The molecule has 0 radical (unpaired) electrons. The second kappa shape index (κ2) is 6.80. The second-order valence-electron chi connectivity index (χ2n) is 4.99. The van der Waals surface area contributed by atoms with Gasteiger partial charge in [-0.1, -0.05) is 22.0 Å². The second-order valence-corrected chi connectivity index (χ2v) is 5.90. The van der Waals surface area contributed by atoms with Crippen molar-refractivity contribution in [2.24, 2.45) is 0 Å². The average Bonchev–Trinajstić information content (AvgIpc) is 2.42. The van der Waals surface area contributed by atoms with E-state index in [1.54, 1.807) is 0 Å². The van der Waals surface area contributed by atoms with Crippen LogP contribution in [0.15, 0.2) is 40.9 Å². The van der Waals surface area contributed by atoms with Crippen LogP contribution in [0, 0.1) is 20.8 Å². The average molecular weight is 334 g/mol. The normalized spacial score (nSPS) is 10.4. The highest BCUT2D eigenvalue weighted by atomic mass is 79.9. The van der Waals surface area contributed by atoms with Crippen molar-refractivity contribution >= 4 is 21.6 Å². The van der Waals surface area contributed by atoms with Gasteiger partial charge < -0.3 is 10.1 Å². The molecule has 3 heteroatoms. The van der Waals surface area contributed by atoms with E-state index in [-0.39, 0.29) is 0 Å². The summed E-state index contributed by atoms with van der Waals surface area (Å²) >= 11 is 3.43. The number of nitrogens with one attached hydrogen (secondary N) is 1. The van der Waals surface area contributed by atoms with Gasteiger partial charge in [0.25, 0.3) is 0 Å². The van der Waals surface area contributed by atoms with Crippen LogP contribution >= 0.6 is 15.9 Å². The zero-order chi connectivity index (χ0) is 14.5. The van der Waals surface area contributed by atoms with Crippen LogP contribution in [0.3, 0.4) is 0 Å². The van der Waals surface area contributed by atoms with Crippen LogP contribution < -0.4 is 10.1 Å². The van der Waals surface area contributed by atoms with Gasteiger partial charge in [0.1, 0.15) is 12.4 Å². The molecule has 2 nitrogen and oxygen atoms in total. The molecule has 0 fully saturated rings. The fraction of sp³-hybridized carbons (Fsp3) is 0.294. The van der Waals surface area contributed by atoms with E-state index in [0.717, 1.165) is 22.5 Å². The molecule has 0 spiro atoms. The Morgan fingerprint density at radius 2 is 1.75 bits per heavy atom. The van der Waals surface area contributed by atoms with Crippen molar-refractivity contribution in [3.8, 4) is 5.75 Å². The predicted molar refractivity (Wildman–Crippen MR) is 88.8 cm³/mol. The van der Waals surface area contributed by atoms with Gasteiger partial charge in [0.05, 0.1) is 0 Å². The quantitative estimate of drug-likeness (QED) is 0.788. The van der Waals surface area contributed by atoms with Crippen molar-refractivity contribution in [3.05, 3.63) is 57.6 Å². The highest BCUT2D eigenvalue weighted by Crippen LogP contribution is 2.23. The van der Waals surface area contributed by atoms with Crippen LogP contribution in [-0.2, 0) is 0 Å². The lowest BCUT2D eigenvalue weighted by Gasteiger charge is -2.13. The Kier molecular flexibility index (Phi) is 5.07. The lowest BCUT2D eigenvalue weighted by molar-refractivity contribution is 0.330. The summed E-state index contributed by atoms with van der Waals surface area (Å²) in [5.41, 5.74) is 4.85. The first-order valence-corrected chi connectivity index (χ1v) is 7.55. The minimum Gasteiger partial charge on any atom is -0.491 e. The first-order valence-electron chi connectivity index (χ1n) is 6.76. The molecule has 20 heavy (non-hydrogen) atoms. The minimum atomic E-state index is 0.653. The molecule has 0 aliphatic rings. The molecule has 0 amide bonds. The number of ether oxygens (including phenoxy) is 1. The third kappa shape index (κ3) is 4.01. The Labute approximate surface area is 129 Å². The zero-order valence-electron chi connectivity index (χ0n) is 12.2. The van der Waals surface area contributed by atoms with Crippen molar-refractivity contribution in [1.29, 1.82) is 0 Å². The Balaban J connectivity index is 1.86. The molecule has 0 aliphatic carbocycles. The van der Waals surface area contributed by atoms with E-state index in [0.29, 0.717) is 6.61 Å². The number of anilines is 1. The molecular weight excluding hydrogens is 314 g/mol. The molecule has 0 saturated heterocycles. The van der Waals surface area contributed by atoms with Gasteiger partial charge in [-0.15, -0.1) is 0 Å². The van der Waals surface area contributed by atoms with Crippen molar-refractivity contribution in [1.82, 2.24) is 0 Å². The fourth-order valence-corrected chi connectivity index (χ4v) is 2.34. The molecule has 0 aliphatic heterocycles. The molecule has 106 valence electrons. The Bertz CT molecular complexity index is 578. The summed E-state index contributed by atoms with van der Waals surface area (Å²) in [5, 5.41) is 3.34. The number of halogens is 1. The maximum Gasteiger partial charge on any atom is 0.122 e. The maximum absolute atomic E-state index is 5.87. The number of hydrogen-bond acceptors (Lipinski definition) is 2. The lowest BCUT2D eigenvalue weighted by Crippen LogP contribution is -2.12. The SMILES string of the molecule is Cc1cc(C)c(C)c(OCCNc2ccc(Br)cc2)c1. The maximum atomic E-state index is 5.87. The Morgan fingerprint density at radius 1 is 1.05 bits per heavy atom. The minimum absolute atomic E-state index is 0.653. The summed E-state index contributed by atoms with van der Waals surface area (Å²) in [4.78, 5) is 0. The van der Waals surface area contributed by atoms with Crippen molar-refractivity contribution < 1.29 is 4.74 Å². The van der Waals surface area contributed by atoms with Crippen LogP contribution in [-0.4, -0.2) is 13.2 Å². The number of aryl methyl sites for hydroxylation is 2. The molecule has 2 rings (SSSR count). The van der Waals surface area contributed by atoms with Crippen LogP contribution in [0.1, 0.15) is 16.7 Å². The van der Waals surface area contributed by atoms with E-state index in [1.807, 2.05) is 24.3 Å². The van der Waals surface area contributed by atoms with Gasteiger partial charge in [-0.25, -0.2) is 0 Å². The standard InChI is InChI=1S/C17H20BrNO/c1-12-10-13(2)14(3)17(11-12)20-9-8-19-16-6-4-15(18)5-7-16/h4-7,10-11,19H,8-9H2,1-3H3. The summed E-state index contributed by atoms with van der Waals surface area (Å²) in [6.07, 6.45) is 0. The van der Waals surface area contributed by atoms with Gasteiger partial charge in [-0.2, -0.15) is 0 Å². The Hall–Kier alpha value is -1.48. The van der Waals surface area contributed by atoms with E-state index in [1.165, 1.54) is 16.7 Å². The first-order chi connectivity index (χ1) is 9.56. The van der Waals surface area contributed by atoms with E-state index in [9.17, 15) is 0 Å². The monoisotopic (exact) mass is 333 g/mol. The van der Waals surface area contributed by atoms with Gasteiger partial charge in [-0.3, -0.25) is 0 Å². The smallest absolute Gasteiger partial charge is 0.122 e. The molecule has 0 unspecified atom stereocenters. The first kappa shape index (κ1) is 14.9. The number of rotatable bonds is 5. The molecule has 0 saturated carbocycles. The van der Waals surface area contributed by atoms with Crippen LogP contribution in [0.5, 0.6) is 5.75 Å². The molecular formula is C17H20BrNO. The molecule has 0 atom stereocenters. The summed E-state index contributed by atoms with van der Waals surface area (Å²) in [6, 6.07) is 12.4. The van der Waals surface area contributed by atoms with Gasteiger partial charge in [-0.05, 0) is 67.8 Å². The van der Waals surface area contributed by atoms with Crippen molar-refractivity contribution in [2.45, 2.75) is 20.8 Å². The molecule has 2 aromatic carbocycles. The number of benzene rings is 2. The highest BCUT2D eigenvalue weighted by Gasteiger charge is 2.03. The molecule has 0 heterocycles.